The van der Waals surface area contributed by atoms with Gasteiger partial charge in [-0.1, -0.05) is 48.0 Å². The van der Waals surface area contributed by atoms with Gasteiger partial charge in [0.2, 0.25) is 0 Å². The molecule has 4 nitrogen and oxygen atoms in total. The third kappa shape index (κ3) is 4.18. The van der Waals surface area contributed by atoms with Gasteiger partial charge in [-0.15, -0.1) is 0 Å². The molecule has 4 aromatic rings. The molecule has 0 saturated heterocycles. The molecule has 6 heteroatoms. The fourth-order valence-corrected chi connectivity index (χ4v) is 4.57. The van der Waals surface area contributed by atoms with Crippen LogP contribution < -0.4 is 4.74 Å². The Morgan fingerprint density at radius 3 is 2.73 bits per heavy atom. The van der Waals surface area contributed by atoms with Crippen LogP contribution in [0.5, 0.6) is 5.75 Å². The van der Waals surface area contributed by atoms with E-state index in [4.69, 9.17) is 21.1 Å². The number of carbonyl (C=O) groups is 1. The lowest BCUT2D eigenvalue weighted by Gasteiger charge is -2.10. The molecule has 0 bridgehead atoms. The summed E-state index contributed by atoms with van der Waals surface area (Å²) < 4.78 is 12.1. The van der Waals surface area contributed by atoms with E-state index < -0.39 is 0 Å². The van der Waals surface area contributed by atoms with Crippen molar-refractivity contribution in [2.45, 2.75) is 19.8 Å². The SMILES string of the molecule is CCOC(=O)c1[nH]c2c(Br)cc(Cl)cc2c1CCCOc1cccc2ccccc12. The van der Waals surface area contributed by atoms with E-state index in [9.17, 15) is 4.79 Å². The van der Waals surface area contributed by atoms with Crippen molar-refractivity contribution in [3.63, 3.8) is 0 Å². The highest BCUT2D eigenvalue weighted by Crippen LogP contribution is 2.33. The summed E-state index contributed by atoms with van der Waals surface area (Å²) in [5.74, 6) is 0.505. The maximum Gasteiger partial charge on any atom is 0.355 e. The lowest BCUT2D eigenvalue weighted by atomic mass is 10.1. The number of aromatic nitrogens is 1. The maximum absolute atomic E-state index is 12.5. The number of carbonyl (C=O) groups excluding carboxylic acids is 1. The molecule has 0 spiro atoms. The van der Waals surface area contributed by atoms with Crippen molar-refractivity contribution >= 4 is 55.2 Å². The zero-order valence-electron chi connectivity index (χ0n) is 16.5. The van der Waals surface area contributed by atoms with Crippen LogP contribution in [-0.2, 0) is 11.2 Å². The second kappa shape index (κ2) is 9.11. The van der Waals surface area contributed by atoms with Crippen molar-refractivity contribution in [2.75, 3.05) is 13.2 Å². The van der Waals surface area contributed by atoms with E-state index in [1.807, 2.05) is 36.4 Å². The molecule has 0 radical (unpaired) electrons. The second-order valence-corrected chi connectivity index (χ2v) is 8.23. The molecule has 0 atom stereocenters. The number of H-pyrrole nitrogens is 1. The number of fused-ring (bicyclic) bond motifs is 2. The number of nitrogens with one attached hydrogen (secondary N) is 1. The molecule has 1 aromatic heterocycles. The van der Waals surface area contributed by atoms with Crippen LogP contribution in [0.25, 0.3) is 21.7 Å². The summed E-state index contributed by atoms with van der Waals surface area (Å²) in [5, 5.41) is 3.77. The van der Waals surface area contributed by atoms with Gasteiger partial charge >= 0.3 is 5.97 Å². The lowest BCUT2D eigenvalue weighted by Crippen LogP contribution is -2.09. The van der Waals surface area contributed by atoms with E-state index >= 15 is 0 Å². The number of halogens is 2. The van der Waals surface area contributed by atoms with Gasteiger partial charge in [0.1, 0.15) is 11.4 Å². The van der Waals surface area contributed by atoms with Crippen molar-refractivity contribution in [1.29, 1.82) is 0 Å². The molecule has 1 heterocycles. The molecule has 0 saturated carbocycles. The fourth-order valence-electron chi connectivity index (χ4n) is 3.66. The molecule has 0 fully saturated rings. The Morgan fingerprint density at radius 1 is 1.10 bits per heavy atom. The molecular weight excluding hydrogens is 466 g/mol. The highest BCUT2D eigenvalue weighted by atomic mass is 79.9. The zero-order valence-corrected chi connectivity index (χ0v) is 18.8. The van der Waals surface area contributed by atoms with Crippen LogP contribution in [0, 0.1) is 0 Å². The maximum atomic E-state index is 12.5. The van der Waals surface area contributed by atoms with Gasteiger partial charge < -0.3 is 14.5 Å². The van der Waals surface area contributed by atoms with E-state index in [0.29, 0.717) is 30.4 Å². The average molecular weight is 487 g/mol. The summed E-state index contributed by atoms with van der Waals surface area (Å²) >= 11 is 9.78. The van der Waals surface area contributed by atoms with Crippen LogP contribution >= 0.6 is 27.5 Å². The summed E-state index contributed by atoms with van der Waals surface area (Å²) in [6.07, 6.45) is 1.40. The van der Waals surface area contributed by atoms with E-state index in [-0.39, 0.29) is 5.97 Å². The van der Waals surface area contributed by atoms with E-state index in [1.54, 1.807) is 6.92 Å². The number of aromatic amines is 1. The molecule has 0 amide bonds. The van der Waals surface area contributed by atoms with Crippen molar-refractivity contribution in [2.24, 2.45) is 0 Å². The largest absolute Gasteiger partial charge is 0.493 e. The van der Waals surface area contributed by atoms with Crippen molar-refractivity contribution in [3.8, 4) is 5.75 Å². The molecule has 154 valence electrons. The van der Waals surface area contributed by atoms with E-state index in [2.05, 4.69) is 39.1 Å². The molecule has 1 N–H and O–H groups in total. The molecule has 0 unspecified atom stereocenters. The average Bonchev–Trinajstić information content (AvgIpc) is 3.10. The number of ether oxygens (including phenoxy) is 2. The number of hydrogen-bond donors (Lipinski definition) is 1. The van der Waals surface area contributed by atoms with Crippen molar-refractivity contribution in [3.05, 3.63) is 75.4 Å². The first-order chi connectivity index (χ1) is 14.6. The predicted octanol–water partition coefficient (Wildman–Crippen LogP) is 6.93. The van der Waals surface area contributed by atoms with Crippen LogP contribution in [0.4, 0.5) is 0 Å². The third-order valence-electron chi connectivity index (χ3n) is 4.99. The quantitative estimate of drug-likeness (QED) is 0.228. The molecule has 0 aliphatic carbocycles. The Labute approximate surface area is 188 Å². The summed E-state index contributed by atoms with van der Waals surface area (Å²) in [4.78, 5) is 15.7. The molecule has 0 aliphatic heterocycles. The summed E-state index contributed by atoms with van der Waals surface area (Å²) in [5.41, 5.74) is 2.21. The first-order valence-electron chi connectivity index (χ1n) is 9.85. The van der Waals surface area contributed by atoms with E-state index in [0.717, 1.165) is 43.9 Å². The van der Waals surface area contributed by atoms with Crippen LogP contribution in [-0.4, -0.2) is 24.2 Å². The third-order valence-corrected chi connectivity index (χ3v) is 5.83. The number of aryl methyl sites for hydroxylation is 1. The van der Waals surface area contributed by atoms with Crippen molar-refractivity contribution in [1.82, 2.24) is 4.98 Å². The van der Waals surface area contributed by atoms with Crippen LogP contribution in [0.2, 0.25) is 5.02 Å². The summed E-state index contributed by atoms with van der Waals surface area (Å²) in [6, 6.07) is 17.9. The lowest BCUT2D eigenvalue weighted by molar-refractivity contribution is 0.0519. The van der Waals surface area contributed by atoms with Gasteiger partial charge in [0.05, 0.1) is 18.7 Å². The molecular formula is C24H21BrClNO3. The fraction of sp³-hybridized carbons (Fsp3) is 0.208. The first-order valence-corrected chi connectivity index (χ1v) is 11.0. The number of hydrogen-bond acceptors (Lipinski definition) is 3. The van der Waals surface area contributed by atoms with Gasteiger partial charge in [-0.25, -0.2) is 4.79 Å². The Bertz CT molecular complexity index is 1210. The first kappa shape index (κ1) is 20.8. The standard InChI is InChI=1S/C24H21BrClNO3/c1-2-29-24(28)23-18(19-13-16(26)14-20(25)22(19)27-23)10-6-12-30-21-11-5-8-15-7-3-4-9-17(15)21/h3-5,7-9,11,13-14,27H,2,6,10,12H2,1H3. The smallest absolute Gasteiger partial charge is 0.355 e. The van der Waals surface area contributed by atoms with Gasteiger partial charge in [-0.3, -0.25) is 0 Å². The molecule has 4 rings (SSSR count). The van der Waals surface area contributed by atoms with Crippen LogP contribution in [0.15, 0.2) is 59.1 Å². The van der Waals surface area contributed by atoms with Crippen LogP contribution in [0.1, 0.15) is 29.4 Å². The Kier molecular flexibility index (Phi) is 6.30. The topological polar surface area (TPSA) is 51.3 Å². The normalized spacial score (nSPS) is 11.2. The zero-order chi connectivity index (χ0) is 21.1. The van der Waals surface area contributed by atoms with Gasteiger partial charge in [0, 0.05) is 20.3 Å². The number of benzene rings is 3. The molecule has 3 aromatic carbocycles. The Hall–Kier alpha value is -2.50. The number of esters is 1. The Balaban J connectivity index is 1.55. The summed E-state index contributed by atoms with van der Waals surface area (Å²) in [6.45, 7) is 2.65. The van der Waals surface area contributed by atoms with E-state index in [1.165, 1.54) is 0 Å². The van der Waals surface area contributed by atoms with Crippen molar-refractivity contribution < 1.29 is 14.3 Å². The molecule has 30 heavy (non-hydrogen) atoms. The minimum absolute atomic E-state index is 0.319. The van der Waals surface area contributed by atoms with Gasteiger partial charge in [0.25, 0.3) is 0 Å². The second-order valence-electron chi connectivity index (χ2n) is 6.94. The Morgan fingerprint density at radius 2 is 1.90 bits per heavy atom. The minimum Gasteiger partial charge on any atom is -0.493 e. The minimum atomic E-state index is -0.360. The van der Waals surface area contributed by atoms with Gasteiger partial charge in [-0.05, 0) is 64.8 Å². The predicted molar refractivity (Wildman–Crippen MR) is 125 cm³/mol. The highest BCUT2D eigenvalue weighted by molar-refractivity contribution is 9.10. The van der Waals surface area contributed by atoms with Gasteiger partial charge in [-0.2, -0.15) is 0 Å². The number of rotatable bonds is 7. The summed E-state index contributed by atoms with van der Waals surface area (Å²) in [7, 11) is 0. The van der Waals surface area contributed by atoms with Crippen LogP contribution in [0.3, 0.4) is 0 Å². The molecule has 0 aliphatic rings. The monoisotopic (exact) mass is 485 g/mol. The van der Waals surface area contributed by atoms with Gasteiger partial charge in [0.15, 0.2) is 0 Å². The highest BCUT2D eigenvalue weighted by Gasteiger charge is 2.20.